The Morgan fingerprint density at radius 2 is 1.86 bits per heavy atom. The zero-order chi connectivity index (χ0) is 37.5. The molecule has 1 amide bonds. The van der Waals surface area contributed by atoms with E-state index in [1.165, 1.54) is 72.1 Å². The molecule has 51 heavy (non-hydrogen) atoms. The van der Waals surface area contributed by atoms with E-state index in [-0.39, 0.29) is 34.3 Å². The van der Waals surface area contributed by atoms with E-state index in [0.29, 0.717) is 38.1 Å². The molecule has 1 unspecified atom stereocenters. The molecular weight excluding hydrogens is 700 g/mol. The number of ether oxygens (including phenoxy) is 3. The fraction of sp³-hybridized carbons (Fsp3) is 0.486. The van der Waals surface area contributed by atoms with Gasteiger partial charge in [0.05, 0.1) is 37.9 Å². The number of aryl methyl sites for hydroxylation is 1. The molecule has 4 rings (SSSR count). The molecule has 1 atom stereocenters. The number of esters is 1. The number of benzene rings is 1. The highest BCUT2D eigenvalue weighted by Gasteiger charge is 2.28. The van der Waals surface area contributed by atoms with E-state index >= 15 is 0 Å². The maximum absolute atomic E-state index is 14.8. The Bertz CT molecular complexity index is 2000. The molecule has 0 radical (unpaired) electrons. The molecular formula is C35H45FN6O7S2. The molecule has 276 valence electrons. The number of carbonyl (C=O) groups is 2. The molecule has 0 aliphatic carbocycles. The Balaban J connectivity index is 1.87. The summed E-state index contributed by atoms with van der Waals surface area (Å²) >= 11 is 2.28. The van der Waals surface area contributed by atoms with Crippen molar-refractivity contribution in [1.29, 1.82) is 0 Å². The Kier molecular flexibility index (Phi) is 13.3. The summed E-state index contributed by atoms with van der Waals surface area (Å²) in [5, 5.41) is 9.83. The lowest BCUT2D eigenvalue weighted by Crippen LogP contribution is -2.53. The summed E-state index contributed by atoms with van der Waals surface area (Å²) in [6, 6.07) is 3.97. The number of hydrogen-bond acceptors (Lipinski definition) is 11. The van der Waals surface area contributed by atoms with Crippen molar-refractivity contribution in [2.24, 2.45) is 5.92 Å². The molecule has 4 aromatic rings. The average Bonchev–Trinajstić information content (AvgIpc) is 3.73. The first-order valence-electron chi connectivity index (χ1n) is 16.7. The van der Waals surface area contributed by atoms with Crippen LogP contribution in [0.1, 0.15) is 77.8 Å². The van der Waals surface area contributed by atoms with Crippen molar-refractivity contribution in [1.82, 2.24) is 24.2 Å². The van der Waals surface area contributed by atoms with E-state index < -0.39 is 28.8 Å². The van der Waals surface area contributed by atoms with Crippen molar-refractivity contribution in [3.8, 4) is 10.8 Å². The van der Waals surface area contributed by atoms with Crippen molar-refractivity contribution in [2.75, 3.05) is 31.5 Å². The molecule has 0 bridgehead atoms. The van der Waals surface area contributed by atoms with Gasteiger partial charge in [-0.2, -0.15) is 14.9 Å². The summed E-state index contributed by atoms with van der Waals surface area (Å²) < 4.78 is 33.3. The van der Waals surface area contributed by atoms with Crippen LogP contribution in [-0.4, -0.2) is 68.4 Å². The van der Waals surface area contributed by atoms with Gasteiger partial charge < -0.3 is 14.2 Å². The number of halogens is 1. The van der Waals surface area contributed by atoms with Crippen molar-refractivity contribution in [3.63, 3.8) is 0 Å². The molecule has 0 spiro atoms. The first-order valence-corrected chi connectivity index (χ1v) is 18.5. The molecule has 16 heteroatoms. The lowest BCUT2D eigenvalue weighted by atomic mass is 10.0. The Labute approximate surface area is 304 Å². The van der Waals surface area contributed by atoms with Crippen LogP contribution in [0.15, 0.2) is 40.2 Å². The zero-order valence-electron chi connectivity index (χ0n) is 30.2. The fourth-order valence-corrected chi connectivity index (χ4v) is 7.36. The second-order valence-corrected chi connectivity index (χ2v) is 15.0. The molecule has 3 heterocycles. The van der Waals surface area contributed by atoms with Gasteiger partial charge in [0.25, 0.3) is 5.56 Å². The molecule has 3 aromatic heterocycles. The van der Waals surface area contributed by atoms with Gasteiger partial charge >= 0.3 is 17.8 Å². The molecule has 0 saturated heterocycles. The molecule has 1 aromatic carbocycles. The summed E-state index contributed by atoms with van der Waals surface area (Å²) in [6.07, 6.45) is 7.54. The number of hydrogen-bond donors (Lipinski definition) is 0. The van der Waals surface area contributed by atoms with Crippen molar-refractivity contribution in [2.45, 2.75) is 79.2 Å². The van der Waals surface area contributed by atoms with E-state index in [9.17, 15) is 23.6 Å². The van der Waals surface area contributed by atoms with E-state index in [4.69, 9.17) is 14.2 Å². The zero-order valence-corrected chi connectivity index (χ0v) is 31.9. The third-order valence-corrected chi connectivity index (χ3v) is 10.2. The van der Waals surface area contributed by atoms with E-state index in [0.717, 1.165) is 42.0 Å². The van der Waals surface area contributed by atoms with Gasteiger partial charge in [0.1, 0.15) is 27.0 Å². The van der Waals surface area contributed by atoms with Gasteiger partial charge in [-0.15, -0.1) is 16.6 Å². The second kappa shape index (κ2) is 17.2. The number of unbranched alkanes of at least 4 members (excludes halogenated alkanes) is 1. The molecule has 0 fully saturated rings. The third-order valence-electron chi connectivity index (χ3n) is 7.93. The normalized spacial score (nSPS) is 12.6. The largest absolute Gasteiger partial charge is 0.496 e. The number of methoxy groups -OCH3 is 1. The third kappa shape index (κ3) is 9.47. The quantitative estimate of drug-likeness (QED) is 0.122. The van der Waals surface area contributed by atoms with Gasteiger partial charge in [-0.25, -0.2) is 19.0 Å². The Hall–Kier alpha value is -4.44. The second-order valence-electron chi connectivity index (χ2n) is 12.8. The minimum atomic E-state index is -0.932. The predicted octanol–water partition coefficient (Wildman–Crippen LogP) is 6.60. The number of nitrogens with zero attached hydrogens (tertiary/aromatic N) is 6. The molecule has 0 N–H and O–H groups in total. The van der Waals surface area contributed by atoms with E-state index in [1.54, 1.807) is 27.7 Å². The predicted molar refractivity (Wildman–Crippen MR) is 199 cm³/mol. The summed E-state index contributed by atoms with van der Waals surface area (Å²) in [7, 11) is 2.70. The molecule has 0 aliphatic heterocycles. The van der Waals surface area contributed by atoms with Crippen LogP contribution in [0, 0.1) is 18.7 Å². The van der Waals surface area contributed by atoms with E-state index in [2.05, 4.69) is 24.0 Å². The number of thiophene rings is 1. The Morgan fingerprint density at radius 3 is 2.49 bits per heavy atom. The van der Waals surface area contributed by atoms with Crippen LogP contribution < -0.4 is 21.0 Å². The van der Waals surface area contributed by atoms with Gasteiger partial charge in [0.2, 0.25) is 0 Å². The summed E-state index contributed by atoms with van der Waals surface area (Å²) in [5.41, 5.74) is -1.80. The highest BCUT2D eigenvalue weighted by molar-refractivity contribution is 8.08. The van der Waals surface area contributed by atoms with Crippen molar-refractivity contribution in [3.05, 3.63) is 68.4 Å². The smallest absolute Gasteiger partial charge is 0.429 e. The molecule has 0 aliphatic rings. The van der Waals surface area contributed by atoms with Crippen LogP contribution in [0.3, 0.4) is 0 Å². The maximum atomic E-state index is 14.8. The van der Waals surface area contributed by atoms with Crippen LogP contribution in [0.25, 0.3) is 26.3 Å². The van der Waals surface area contributed by atoms with Gasteiger partial charge in [0, 0.05) is 35.0 Å². The summed E-state index contributed by atoms with van der Waals surface area (Å²) in [6.45, 7) is 11.2. The van der Waals surface area contributed by atoms with Crippen molar-refractivity contribution < 1.29 is 28.2 Å². The van der Waals surface area contributed by atoms with Crippen LogP contribution in [0.2, 0.25) is 0 Å². The Morgan fingerprint density at radius 1 is 1.16 bits per heavy atom. The number of thioether (sulfide) groups is 1. The van der Waals surface area contributed by atoms with Crippen LogP contribution >= 0.6 is 23.1 Å². The minimum absolute atomic E-state index is 0.0439. The molecule has 0 saturated carbocycles. The number of rotatable bonds is 15. The lowest BCUT2D eigenvalue weighted by Gasteiger charge is -2.25. The van der Waals surface area contributed by atoms with Gasteiger partial charge in [0.15, 0.2) is 0 Å². The SMILES string of the molecule is CCCCC(CC)COC(=O)CCSC(=Cn1c(=O)n(N(C)C(=O)OC(C)(C)C)c(=O)c2c(C)c(-n3nccn3)sc21)c1cc(F)ccc1OC. The van der Waals surface area contributed by atoms with Gasteiger partial charge in [-0.3, -0.25) is 14.2 Å². The standard InChI is InChI=1S/C35H45FN6O7S2/c1-9-11-12-23(10-2)21-48-28(43)15-18-50-27(25-19-24(36)13-14-26(25)47-8)20-40-32-29(22(3)31(51-32)42-37-16-17-38-42)30(44)41(33(40)45)39(7)34(46)49-35(4,5)6/h13-14,16-17,19-20,23H,9-12,15,18,21H2,1-8H3. The topological polar surface area (TPSA) is 140 Å². The van der Waals surface area contributed by atoms with E-state index in [1.807, 2.05) is 0 Å². The number of amides is 1. The number of aromatic nitrogens is 5. The summed E-state index contributed by atoms with van der Waals surface area (Å²) in [4.78, 5) is 56.3. The number of fused-ring (bicyclic) bond motifs is 1. The summed E-state index contributed by atoms with van der Waals surface area (Å²) in [5.74, 6) is -0.113. The van der Waals surface area contributed by atoms with Gasteiger partial charge in [-0.05, 0) is 58.2 Å². The molecule has 13 nitrogen and oxygen atoms in total. The number of carbonyl (C=O) groups excluding carboxylic acids is 2. The monoisotopic (exact) mass is 744 g/mol. The van der Waals surface area contributed by atoms with Gasteiger partial charge in [-0.1, -0.05) is 44.4 Å². The first kappa shape index (κ1) is 39.3. The highest BCUT2D eigenvalue weighted by atomic mass is 32.2. The maximum Gasteiger partial charge on any atom is 0.429 e. The van der Waals surface area contributed by atoms with Crippen LogP contribution in [0.5, 0.6) is 5.75 Å². The van der Waals surface area contributed by atoms with Crippen LogP contribution in [-0.2, 0) is 14.3 Å². The lowest BCUT2D eigenvalue weighted by molar-refractivity contribution is -0.144. The average molecular weight is 745 g/mol. The minimum Gasteiger partial charge on any atom is -0.496 e. The fourth-order valence-electron chi connectivity index (χ4n) is 5.19. The van der Waals surface area contributed by atoms with Crippen LogP contribution in [0.4, 0.5) is 9.18 Å². The first-order chi connectivity index (χ1) is 24.2. The van der Waals surface area contributed by atoms with Crippen molar-refractivity contribution >= 4 is 56.5 Å². The highest BCUT2D eigenvalue weighted by Crippen LogP contribution is 2.37.